The second-order valence-corrected chi connectivity index (χ2v) is 4.18. The number of rotatable bonds is 3. The van der Waals surface area contributed by atoms with Crippen molar-refractivity contribution in [2.24, 2.45) is 0 Å². The maximum absolute atomic E-state index is 13.7. The van der Waals surface area contributed by atoms with E-state index in [-0.39, 0.29) is 23.8 Å². The maximum Gasteiger partial charge on any atom is 0.375 e. The molecule has 0 fully saturated rings. The first-order valence-corrected chi connectivity index (χ1v) is 5.96. The zero-order chi connectivity index (χ0) is 13.1. The number of ether oxygens (including phenoxy) is 1. The number of nitrogens with zero attached hydrogens (tertiary/aromatic N) is 2. The summed E-state index contributed by atoms with van der Waals surface area (Å²) in [7, 11) is 0. The molecule has 2 aromatic rings. The zero-order valence-electron chi connectivity index (χ0n) is 9.41. The molecule has 1 N–H and O–H groups in total. The van der Waals surface area contributed by atoms with E-state index in [9.17, 15) is 9.18 Å². The van der Waals surface area contributed by atoms with E-state index in [4.69, 9.17) is 4.74 Å². The van der Waals surface area contributed by atoms with Crippen molar-refractivity contribution in [2.75, 3.05) is 6.61 Å². The number of esters is 1. The van der Waals surface area contributed by atoms with Gasteiger partial charge in [-0.15, -0.1) is 0 Å². The molecule has 2 rings (SSSR count). The Kier molecular flexibility index (Phi) is 3.71. The minimum atomic E-state index is -0.622. The summed E-state index contributed by atoms with van der Waals surface area (Å²) in [4.78, 5) is 15.3. The van der Waals surface area contributed by atoms with Gasteiger partial charge in [-0.2, -0.15) is 5.10 Å². The van der Waals surface area contributed by atoms with Crippen LogP contribution in [0, 0.1) is 5.82 Å². The van der Waals surface area contributed by atoms with Crippen LogP contribution < -0.4 is 0 Å². The van der Waals surface area contributed by atoms with Gasteiger partial charge in [0.2, 0.25) is 5.82 Å². The largest absolute Gasteiger partial charge is 0.460 e. The van der Waals surface area contributed by atoms with Gasteiger partial charge in [0.25, 0.3) is 0 Å². The monoisotopic (exact) mass is 313 g/mol. The average molecular weight is 314 g/mol. The fourth-order valence-electron chi connectivity index (χ4n) is 1.38. The van der Waals surface area contributed by atoms with Crippen molar-refractivity contribution < 1.29 is 13.9 Å². The van der Waals surface area contributed by atoms with E-state index in [1.807, 2.05) is 0 Å². The van der Waals surface area contributed by atoms with Crippen molar-refractivity contribution in [3.05, 3.63) is 34.3 Å². The van der Waals surface area contributed by atoms with Gasteiger partial charge < -0.3 is 4.74 Å². The molecular weight excluding hydrogens is 305 g/mol. The molecule has 0 unspecified atom stereocenters. The van der Waals surface area contributed by atoms with Crippen LogP contribution in [0.3, 0.4) is 0 Å². The summed E-state index contributed by atoms with van der Waals surface area (Å²) >= 11 is 3.21. The van der Waals surface area contributed by atoms with Crippen LogP contribution in [-0.2, 0) is 4.74 Å². The van der Waals surface area contributed by atoms with Crippen molar-refractivity contribution in [3.8, 4) is 11.4 Å². The minimum absolute atomic E-state index is 0.0537. The van der Waals surface area contributed by atoms with Crippen molar-refractivity contribution in [1.82, 2.24) is 15.2 Å². The van der Waals surface area contributed by atoms with Crippen LogP contribution in [-0.4, -0.2) is 27.8 Å². The van der Waals surface area contributed by atoms with E-state index < -0.39 is 11.8 Å². The molecule has 0 atom stereocenters. The lowest BCUT2D eigenvalue weighted by Gasteiger charge is -2.00. The van der Waals surface area contributed by atoms with Crippen LogP contribution in [0.1, 0.15) is 17.5 Å². The van der Waals surface area contributed by atoms with Crippen LogP contribution in [0.25, 0.3) is 11.4 Å². The summed E-state index contributed by atoms with van der Waals surface area (Å²) < 4.78 is 18.9. The Hall–Kier alpha value is -1.76. The summed E-state index contributed by atoms with van der Waals surface area (Å²) in [5.74, 6) is -1.05. The van der Waals surface area contributed by atoms with Gasteiger partial charge in [0.1, 0.15) is 5.82 Å². The molecule has 0 radical (unpaired) electrons. The Labute approximate surface area is 111 Å². The molecule has 1 heterocycles. The number of hydrogen-bond acceptors (Lipinski definition) is 4. The highest BCUT2D eigenvalue weighted by Crippen LogP contribution is 2.28. The van der Waals surface area contributed by atoms with E-state index in [1.165, 1.54) is 6.07 Å². The van der Waals surface area contributed by atoms with Gasteiger partial charge in [-0.3, -0.25) is 5.10 Å². The van der Waals surface area contributed by atoms with Gasteiger partial charge in [0, 0.05) is 4.47 Å². The van der Waals surface area contributed by atoms with Gasteiger partial charge in [0.15, 0.2) is 5.82 Å². The molecule has 5 nitrogen and oxygen atoms in total. The van der Waals surface area contributed by atoms with Crippen molar-refractivity contribution in [2.45, 2.75) is 6.92 Å². The van der Waals surface area contributed by atoms with Crippen molar-refractivity contribution in [3.63, 3.8) is 0 Å². The summed E-state index contributed by atoms with van der Waals surface area (Å²) in [6.07, 6.45) is 0. The van der Waals surface area contributed by atoms with Crippen molar-refractivity contribution in [1.29, 1.82) is 0 Å². The number of H-pyrrole nitrogens is 1. The van der Waals surface area contributed by atoms with Gasteiger partial charge in [-0.25, -0.2) is 14.2 Å². The molecular formula is C11H9BrFN3O2. The number of aromatic amines is 1. The third-order valence-electron chi connectivity index (χ3n) is 2.14. The smallest absolute Gasteiger partial charge is 0.375 e. The summed E-state index contributed by atoms with van der Waals surface area (Å²) in [6.45, 7) is 1.92. The molecule has 0 spiro atoms. The predicted octanol–water partition coefficient (Wildman–Crippen LogP) is 2.55. The molecule has 94 valence electrons. The molecule has 0 aliphatic carbocycles. The number of aromatic nitrogens is 3. The third-order valence-corrected chi connectivity index (χ3v) is 2.80. The lowest BCUT2D eigenvalue weighted by atomic mass is 10.2. The van der Waals surface area contributed by atoms with Gasteiger partial charge in [0.05, 0.1) is 12.2 Å². The lowest BCUT2D eigenvalue weighted by molar-refractivity contribution is 0.0512. The first kappa shape index (κ1) is 12.7. The normalized spacial score (nSPS) is 10.4. The lowest BCUT2D eigenvalue weighted by Crippen LogP contribution is -2.06. The standard InChI is InChI=1S/C11H9BrFN3O2/c1-2-18-11(17)10-14-9(15-16-10)8-6(12)4-3-5-7(8)13/h3-5H,2H2,1H3,(H,14,15,16). The van der Waals surface area contributed by atoms with Crippen LogP contribution >= 0.6 is 15.9 Å². The van der Waals surface area contributed by atoms with E-state index in [2.05, 4.69) is 31.1 Å². The maximum atomic E-state index is 13.7. The number of halogens is 2. The molecule has 0 saturated heterocycles. The molecule has 0 aliphatic heterocycles. The van der Waals surface area contributed by atoms with Crippen LogP contribution in [0.2, 0.25) is 0 Å². The molecule has 0 aliphatic rings. The molecule has 0 bridgehead atoms. The van der Waals surface area contributed by atoms with Crippen molar-refractivity contribution >= 4 is 21.9 Å². The van der Waals surface area contributed by atoms with Crippen LogP contribution in [0.4, 0.5) is 4.39 Å². The van der Waals surface area contributed by atoms with E-state index in [1.54, 1.807) is 19.1 Å². The number of benzene rings is 1. The molecule has 1 aromatic heterocycles. The number of carbonyl (C=O) groups is 1. The highest BCUT2D eigenvalue weighted by Gasteiger charge is 2.17. The van der Waals surface area contributed by atoms with E-state index >= 15 is 0 Å². The van der Waals surface area contributed by atoms with Gasteiger partial charge in [-0.1, -0.05) is 6.07 Å². The van der Waals surface area contributed by atoms with Crippen LogP contribution in [0.5, 0.6) is 0 Å². The Morgan fingerprint density at radius 1 is 1.56 bits per heavy atom. The number of carbonyl (C=O) groups excluding carboxylic acids is 1. The van der Waals surface area contributed by atoms with E-state index in [0.29, 0.717) is 4.47 Å². The minimum Gasteiger partial charge on any atom is -0.460 e. The SMILES string of the molecule is CCOC(=O)c1nc(-c2c(F)cccc2Br)n[nH]1. The van der Waals surface area contributed by atoms with E-state index in [0.717, 1.165) is 0 Å². The highest BCUT2D eigenvalue weighted by atomic mass is 79.9. The third kappa shape index (κ3) is 2.40. The quantitative estimate of drug-likeness (QED) is 0.884. The summed E-state index contributed by atoms with van der Waals surface area (Å²) in [5.41, 5.74) is 0.198. The summed E-state index contributed by atoms with van der Waals surface area (Å²) in [6, 6.07) is 4.52. The topological polar surface area (TPSA) is 67.9 Å². The Balaban J connectivity index is 2.38. The summed E-state index contributed by atoms with van der Waals surface area (Å²) in [5, 5.41) is 6.22. The highest BCUT2D eigenvalue weighted by molar-refractivity contribution is 9.10. The first-order valence-electron chi connectivity index (χ1n) is 5.17. The zero-order valence-corrected chi connectivity index (χ0v) is 11.0. The Morgan fingerprint density at radius 3 is 3.00 bits per heavy atom. The number of nitrogens with one attached hydrogen (secondary N) is 1. The second kappa shape index (κ2) is 5.26. The molecule has 0 amide bonds. The van der Waals surface area contributed by atoms with Gasteiger partial charge >= 0.3 is 5.97 Å². The Morgan fingerprint density at radius 2 is 2.33 bits per heavy atom. The number of hydrogen-bond donors (Lipinski definition) is 1. The molecule has 7 heteroatoms. The first-order chi connectivity index (χ1) is 8.63. The molecule has 18 heavy (non-hydrogen) atoms. The average Bonchev–Trinajstić information content (AvgIpc) is 2.78. The Bertz CT molecular complexity index is 565. The molecule has 1 aromatic carbocycles. The fourth-order valence-corrected chi connectivity index (χ4v) is 1.90. The van der Waals surface area contributed by atoms with Gasteiger partial charge in [-0.05, 0) is 35.0 Å². The van der Waals surface area contributed by atoms with Crippen LogP contribution in [0.15, 0.2) is 22.7 Å². The molecule has 0 saturated carbocycles. The second-order valence-electron chi connectivity index (χ2n) is 3.32. The predicted molar refractivity (Wildman–Crippen MR) is 65.4 cm³/mol. The fraction of sp³-hybridized carbons (Fsp3) is 0.182.